The molecule has 174 valence electrons. The quantitative estimate of drug-likeness (QED) is 0.152. The van der Waals surface area contributed by atoms with Crippen molar-refractivity contribution in [2.75, 3.05) is 26.4 Å². The minimum Gasteiger partial charge on any atom is -0.480 e. The second-order valence-corrected chi connectivity index (χ2v) is 5.19. The summed E-state index contributed by atoms with van der Waals surface area (Å²) in [7, 11) is 0. The number of halogens is 3. The van der Waals surface area contributed by atoms with Crippen LogP contribution >= 0.6 is 0 Å². The van der Waals surface area contributed by atoms with Crippen LogP contribution in [-0.4, -0.2) is 106 Å². The number of nitrogens with one attached hydrogen (secondary N) is 3. The van der Waals surface area contributed by atoms with E-state index >= 15 is 0 Å². The summed E-state index contributed by atoms with van der Waals surface area (Å²) in [6, 6.07) is -4.27. The van der Waals surface area contributed by atoms with Crippen molar-refractivity contribution in [1.29, 1.82) is 0 Å². The van der Waals surface area contributed by atoms with Crippen molar-refractivity contribution in [1.82, 2.24) is 16.0 Å². The van der Waals surface area contributed by atoms with Crippen LogP contribution in [0.2, 0.25) is 0 Å². The minimum atomic E-state index is -5.08. The zero-order valence-corrected chi connectivity index (χ0v) is 15.0. The Morgan fingerprint density at radius 1 is 0.833 bits per heavy atom. The molecule has 3 atom stereocenters. The molecule has 0 aromatic heterocycles. The van der Waals surface area contributed by atoms with Crippen molar-refractivity contribution in [2.45, 2.75) is 24.3 Å². The lowest BCUT2D eigenvalue weighted by molar-refractivity contribution is -0.192. The maximum Gasteiger partial charge on any atom is 0.490 e. The van der Waals surface area contributed by atoms with E-state index in [0.717, 1.165) is 0 Å². The van der Waals surface area contributed by atoms with E-state index in [1.807, 2.05) is 5.32 Å². The van der Waals surface area contributed by atoms with Gasteiger partial charge >= 0.3 is 18.1 Å². The van der Waals surface area contributed by atoms with Crippen LogP contribution in [-0.2, 0) is 24.0 Å². The zero-order chi connectivity index (χ0) is 24.1. The number of nitrogens with two attached hydrogens (primary N) is 1. The smallest absolute Gasteiger partial charge is 0.480 e. The lowest BCUT2D eigenvalue weighted by Gasteiger charge is -2.19. The number of aliphatic hydroxyl groups excluding tert-OH is 3. The van der Waals surface area contributed by atoms with E-state index in [2.05, 4.69) is 10.6 Å². The highest BCUT2D eigenvalue weighted by molar-refractivity contribution is 5.92. The van der Waals surface area contributed by atoms with Crippen molar-refractivity contribution in [3.05, 3.63) is 0 Å². The van der Waals surface area contributed by atoms with Crippen LogP contribution in [0.25, 0.3) is 0 Å². The Morgan fingerprint density at radius 3 is 1.63 bits per heavy atom. The first-order valence-electron chi connectivity index (χ1n) is 7.69. The Bertz CT molecular complexity index is 616. The van der Waals surface area contributed by atoms with Gasteiger partial charge in [-0.1, -0.05) is 0 Å². The molecule has 0 fully saturated rings. The van der Waals surface area contributed by atoms with E-state index in [1.54, 1.807) is 0 Å². The molecule has 0 spiro atoms. The van der Waals surface area contributed by atoms with Gasteiger partial charge in [0.15, 0.2) is 0 Å². The fourth-order valence-corrected chi connectivity index (χ4v) is 1.28. The Kier molecular flexibility index (Phi) is 13.7. The van der Waals surface area contributed by atoms with Gasteiger partial charge in [-0.15, -0.1) is 0 Å². The molecule has 0 rings (SSSR count). The molecule has 0 saturated carbocycles. The van der Waals surface area contributed by atoms with E-state index in [-0.39, 0.29) is 0 Å². The highest BCUT2D eigenvalue weighted by Crippen LogP contribution is 2.13. The topological polar surface area (TPSA) is 249 Å². The van der Waals surface area contributed by atoms with Crippen LogP contribution in [0.3, 0.4) is 0 Å². The molecule has 0 aliphatic rings. The van der Waals surface area contributed by atoms with Crippen molar-refractivity contribution < 1.29 is 62.7 Å². The normalized spacial score (nSPS) is 13.6. The number of carboxylic acids is 2. The van der Waals surface area contributed by atoms with Gasteiger partial charge in [0.1, 0.15) is 18.1 Å². The summed E-state index contributed by atoms with van der Waals surface area (Å²) < 4.78 is 31.7. The Morgan fingerprint density at radius 2 is 1.30 bits per heavy atom. The molecule has 0 aromatic rings. The number of alkyl halides is 3. The predicted octanol–water partition coefficient (Wildman–Crippen LogP) is -4.91. The Balaban J connectivity index is 0. The molecule has 0 aliphatic carbocycles. The number of hydrogen-bond donors (Lipinski definition) is 9. The van der Waals surface area contributed by atoms with Gasteiger partial charge < -0.3 is 47.2 Å². The number of carbonyl (C=O) groups excluding carboxylic acids is 3. The maximum absolute atomic E-state index is 11.7. The largest absolute Gasteiger partial charge is 0.490 e. The molecule has 0 saturated heterocycles. The number of carboxylic acid groups (broad SMARTS) is 2. The molecule has 30 heavy (non-hydrogen) atoms. The van der Waals surface area contributed by atoms with E-state index in [9.17, 15) is 32.3 Å². The molecule has 10 N–H and O–H groups in total. The standard InChI is InChI=1S/C11H20N4O8.C2HF3O2/c12-5(2-16)9(20)13-1-8(19)14-6(3-17)10(21)15-7(4-18)11(22)23;3-2(4,5)1(6)7/h5-7,16-18H,1-4,12H2,(H,13,20)(H,14,19)(H,15,21)(H,22,23);(H,6,7)/t5?,6-,7-;/m0./s1. The second kappa shape index (κ2) is 14.0. The zero-order valence-electron chi connectivity index (χ0n) is 15.0. The molecular formula is C13H21F3N4O10. The number of aliphatic carboxylic acids is 2. The summed E-state index contributed by atoms with van der Waals surface area (Å²) in [5.74, 6) is -6.92. The van der Waals surface area contributed by atoms with Crippen molar-refractivity contribution in [2.24, 2.45) is 5.73 Å². The molecule has 1 unspecified atom stereocenters. The first-order chi connectivity index (χ1) is 13.7. The molecule has 0 aromatic carbocycles. The number of carbonyl (C=O) groups is 5. The first-order valence-corrected chi connectivity index (χ1v) is 7.69. The number of hydrogen-bond acceptors (Lipinski definition) is 9. The SMILES string of the molecule is NC(CO)C(=O)NCC(=O)N[C@@H](CO)C(=O)N[C@@H](CO)C(=O)O.O=C(O)C(F)(F)F. The van der Waals surface area contributed by atoms with Crippen LogP contribution in [0.4, 0.5) is 13.2 Å². The molecule has 3 amide bonds. The van der Waals surface area contributed by atoms with E-state index < -0.39 is 80.3 Å². The van der Waals surface area contributed by atoms with Gasteiger partial charge in [0.05, 0.1) is 26.4 Å². The van der Waals surface area contributed by atoms with Gasteiger partial charge in [0.2, 0.25) is 17.7 Å². The van der Waals surface area contributed by atoms with Crippen LogP contribution in [0.15, 0.2) is 0 Å². The predicted molar refractivity (Wildman–Crippen MR) is 87.4 cm³/mol. The van der Waals surface area contributed by atoms with Gasteiger partial charge in [0, 0.05) is 0 Å². The molecule has 0 bridgehead atoms. The Hall–Kier alpha value is -3.02. The van der Waals surface area contributed by atoms with Crippen LogP contribution in [0.5, 0.6) is 0 Å². The number of rotatable bonds is 10. The second-order valence-electron chi connectivity index (χ2n) is 5.19. The van der Waals surface area contributed by atoms with E-state index in [1.165, 1.54) is 0 Å². The lowest BCUT2D eigenvalue weighted by atomic mass is 10.2. The summed E-state index contributed by atoms with van der Waals surface area (Å²) in [5.41, 5.74) is 5.20. The molecule has 17 heteroatoms. The minimum absolute atomic E-state index is 0.571. The molecule has 0 radical (unpaired) electrons. The first kappa shape index (κ1) is 29.2. The van der Waals surface area contributed by atoms with Gasteiger partial charge in [-0.25, -0.2) is 9.59 Å². The van der Waals surface area contributed by atoms with Gasteiger partial charge in [-0.05, 0) is 0 Å². The summed E-state index contributed by atoms with van der Waals surface area (Å²) in [6.07, 6.45) is -5.08. The van der Waals surface area contributed by atoms with Gasteiger partial charge in [-0.3, -0.25) is 14.4 Å². The molecular weight excluding hydrogens is 429 g/mol. The molecule has 0 heterocycles. The molecule has 0 aliphatic heterocycles. The fraction of sp³-hybridized carbons (Fsp3) is 0.615. The van der Waals surface area contributed by atoms with Crippen molar-refractivity contribution >= 4 is 29.7 Å². The maximum atomic E-state index is 11.7. The highest BCUT2D eigenvalue weighted by atomic mass is 19.4. The summed E-state index contributed by atoms with van der Waals surface area (Å²) >= 11 is 0. The number of aliphatic hydroxyl groups is 3. The monoisotopic (exact) mass is 450 g/mol. The van der Waals surface area contributed by atoms with Gasteiger partial charge in [-0.2, -0.15) is 13.2 Å². The van der Waals surface area contributed by atoms with Crippen LogP contribution in [0, 0.1) is 0 Å². The van der Waals surface area contributed by atoms with Crippen molar-refractivity contribution in [3.8, 4) is 0 Å². The van der Waals surface area contributed by atoms with Crippen LogP contribution in [0.1, 0.15) is 0 Å². The van der Waals surface area contributed by atoms with Crippen LogP contribution < -0.4 is 21.7 Å². The number of amides is 3. The van der Waals surface area contributed by atoms with E-state index in [0.29, 0.717) is 0 Å². The lowest BCUT2D eigenvalue weighted by Crippen LogP contribution is -2.55. The van der Waals surface area contributed by atoms with E-state index in [4.69, 9.17) is 36.1 Å². The third kappa shape index (κ3) is 12.4. The third-order valence-corrected chi connectivity index (χ3v) is 2.83. The van der Waals surface area contributed by atoms with Gasteiger partial charge in [0.25, 0.3) is 0 Å². The summed E-state index contributed by atoms with van der Waals surface area (Å²) in [5, 5.41) is 48.3. The average molecular weight is 450 g/mol. The Labute approximate surface area is 165 Å². The highest BCUT2D eigenvalue weighted by Gasteiger charge is 2.38. The fourth-order valence-electron chi connectivity index (χ4n) is 1.28. The third-order valence-electron chi connectivity index (χ3n) is 2.83. The molecule has 14 nitrogen and oxygen atoms in total. The average Bonchev–Trinajstić information content (AvgIpc) is 2.66. The van der Waals surface area contributed by atoms with Crippen molar-refractivity contribution in [3.63, 3.8) is 0 Å². The summed E-state index contributed by atoms with van der Waals surface area (Å²) in [6.45, 7) is -2.90. The summed E-state index contributed by atoms with van der Waals surface area (Å²) in [4.78, 5) is 54.0.